The average molecular weight is 238 g/mol. The van der Waals surface area contributed by atoms with Gasteiger partial charge >= 0.3 is 0 Å². The topological polar surface area (TPSA) is 26.0 Å². The fourth-order valence-corrected chi connectivity index (χ4v) is 2.72. The van der Waals surface area contributed by atoms with Crippen molar-refractivity contribution < 1.29 is 0 Å². The van der Waals surface area contributed by atoms with Crippen LogP contribution in [0.15, 0.2) is 30.3 Å². The number of hydrogen-bond acceptors (Lipinski definition) is 2. The molecule has 1 aromatic heterocycles. The molecule has 1 nitrogen and oxygen atoms in total. The van der Waals surface area contributed by atoms with Gasteiger partial charge in [0.1, 0.15) is 0 Å². The minimum absolute atomic E-state index is 0.610. The first kappa shape index (κ1) is 10.7. The molecule has 0 amide bonds. The minimum Gasteiger partial charge on any atom is -0.326 e. The SMILES string of the molecule is Cc1cc(CN)sc1-c1ccc(Cl)cc1. The summed E-state index contributed by atoms with van der Waals surface area (Å²) in [5, 5.41) is 0.770. The maximum absolute atomic E-state index is 5.85. The molecule has 78 valence electrons. The van der Waals surface area contributed by atoms with Gasteiger partial charge in [0.2, 0.25) is 0 Å². The third-order valence-electron chi connectivity index (χ3n) is 2.28. The summed E-state index contributed by atoms with van der Waals surface area (Å²) in [5.41, 5.74) is 8.11. The van der Waals surface area contributed by atoms with E-state index in [4.69, 9.17) is 17.3 Å². The molecule has 1 aromatic carbocycles. The summed E-state index contributed by atoms with van der Waals surface area (Å²) in [4.78, 5) is 2.50. The first-order chi connectivity index (χ1) is 7.20. The van der Waals surface area contributed by atoms with E-state index in [2.05, 4.69) is 13.0 Å². The van der Waals surface area contributed by atoms with Crippen molar-refractivity contribution in [3.05, 3.63) is 45.8 Å². The predicted molar refractivity (Wildman–Crippen MR) is 67.4 cm³/mol. The molecule has 0 aliphatic heterocycles. The highest BCUT2D eigenvalue weighted by molar-refractivity contribution is 7.15. The van der Waals surface area contributed by atoms with Crippen LogP contribution in [0.4, 0.5) is 0 Å². The molecule has 0 saturated heterocycles. The van der Waals surface area contributed by atoms with Gasteiger partial charge in [-0.05, 0) is 36.2 Å². The van der Waals surface area contributed by atoms with Crippen LogP contribution >= 0.6 is 22.9 Å². The molecule has 1 heterocycles. The molecular formula is C12H12ClNS. The standard InChI is InChI=1S/C12H12ClNS/c1-8-6-11(7-14)15-12(8)9-2-4-10(13)5-3-9/h2-6H,7,14H2,1H3. The lowest BCUT2D eigenvalue weighted by molar-refractivity contribution is 1.10. The molecule has 3 heteroatoms. The van der Waals surface area contributed by atoms with Crippen LogP contribution in [0.5, 0.6) is 0 Å². The van der Waals surface area contributed by atoms with Crippen molar-refractivity contribution in [3.8, 4) is 10.4 Å². The van der Waals surface area contributed by atoms with E-state index < -0.39 is 0 Å². The molecular weight excluding hydrogens is 226 g/mol. The lowest BCUT2D eigenvalue weighted by atomic mass is 10.1. The van der Waals surface area contributed by atoms with Crippen LogP contribution in [0.2, 0.25) is 5.02 Å². The zero-order valence-corrected chi connectivity index (χ0v) is 10.0. The Kier molecular flexibility index (Phi) is 3.10. The second-order valence-corrected chi connectivity index (χ2v) is 5.01. The largest absolute Gasteiger partial charge is 0.326 e. The van der Waals surface area contributed by atoms with E-state index in [1.54, 1.807) is 11.3 Å². The third-order valence-corrected chi connectivity index (χ3v) is 3.84. The van der Waals surface area contributed by atoms with E-state index in [1.807, 2.05) is 24.3 Å². The smallest absolute Gasteiger partial charge is 0.0406 e. The fraction of sp³-hybridized carbons (Fsp3) is 0.167. The molecule has 0 aliphatic rings. The van der Waals surface area contributed by atoms with Gasteiger partial charge in [-0.15, -0.1) is 11.3 Å². The molecule has 2 aromatic rings. The lowest BCUT2D eigenvalue weighted by Crippen LogP contribution is -1.91. The van der Waals surface area contributed by atoms with Gasteiger partial charge in [-0.25, -0.2) is 0 Å². The van der Waals surface area contributed by atoms with Crippen molar-refractivity contribution in [3.63, 3.8) is 0 Å². The molecule has 0 radical (unpaired) electrons. The number of aryl methyl sites for hydroxylation is 1. The van der Waals surface area contributed by atoms with Crippen molar-refractivity contribution in [2.75, 3.05) is 0 Å². The Morgan fingerprint density at radius 1 is 1.27 bits per heavy atom. The van der Waals surface area contributed by atoms with Crippen LogP contribution in [0, 0.1) is 6.92 Å². The Balaban J connectivity index is 2.44. The average Bonchev–Trinajstić information content (AvgIpc) is 2.61. The molecule has 0 spiro atoms. The maximum Gasteiger partial charge on any atom is 0.0406 e. The highest BCUT2D eigenvalue weighted by Gasteiger charge is 2.06. The van der Waals surface area contributed by atoms with Gasteiger partial charge in [0.25, 0.3) is 0 Å². The normalized spacial score (nSPS) is 10.6. The lowest BCUT2D eigenvalue weighted by Gasteiger charge is -1.99. The van der Waals surface area contributed by atoms with E-state index >= 15 is 0 Å². The van der Waals surface area contributed by atoms with E-state index in [9.17, 15) is 0 Å². The Morgan fingerprint density at radius 3 is 2.47 bits per heavy atom. The predicted octanol–water partition coefficient (Wildman–Crippen LogP) is 3.84. The van der Waals surface area contributed by atoms with Crippen LogP contribution < -0.4 is 5.73 Å². The van der Waals surface area contributed by atoms with Gasteiger partial charge in [-0.1, -0.05) is 23.7 Å². The number of benzene rings is 1. The highest BCUT2D eigenvalue weighted by Crippen LogP contribution is 2.32. The first-order valence-electron chi connectivity index (χ1n) is 4.76. The molecule has 0 bridgehead atoms. The van der Waals surface area contributed by atoms with Crippen molar-refractivity contribution in [1.29, 1.82) is 0 Å². The molecule has 0 atom stereocenters. The first-order valence-corrected chi connectivity index (χ1v) is 5.95. The molecule has 2 rings (SSSR count). The summed E-state index contributed by atoms with van der Waals surface area (Å²) < 4.78 is 0. The Labute approximate surface area is 98.5 Å². The summed E-state index contributed by atoms with van der Waals surface area (Å²) in [6.45, 7) is 2.72. The van der Waals surface area contributed by atoms with E-state index in [-0.39, 0.29) is 0 Å². The van der Waals surface area contributed by atoms with Crippen molar-refractivity contribution in [2.45, 2.75) is 13.5 Å². The second kappa shape index (κ2) is 4.35. The molecule has 2 N–H and O–H groups in total. The minimum atomic E-state index is 0.610. The van der Waals surface area contributed by atoms with Gasteiger partial charge in [-0.2, -0.15) is 0 Å². The van der Waals surface area contributed by atoms with Crippen LogP contribution in [0.1, 0.15) is 10.4 Å². The Morgan fingerprint density at radius 2 is 1.93 bits per heavy atom. The van der Waals surface area contributed by atoms with E-state index in [1.165, 1.54) is 20.9 Å². The van der Waals surface area contributed by atoms with E-state index in [0.717, 1.165) is 5.02 Å². The molecule has 0 aliphatic carbocycles. The van der Waals surface area contributed by atoms with Gasteiger partial charge in [0, 0.05) is 21.3 Å². The Bertz CT molecular complexity index is 459. The third kappa shape index (κ3) is 2.23. The van der Waals surface area contributed by atoms with Gasteiger partial charge in [0.05, 0.1) is 0 Å². The quantitative estimate of drug-likeness (QED) is 0.844. The van der Waals surface area contributed by atoms with Gasteiger partial charge in [-0.3, -0.25) is 0 Å². The molecule has 0 saturated carbocycles. The van der Waals surface area contributed by atoms with Crippen molar-refractivity contribution in [2.24, 2.45) is 5.73 Å². The van der Waals surface area contributed by atoms with Crippen LogP contribution in [-0.2, 0) is 6.54 Å². The second-order valence-electron chi connectivity index (χ2n) is 3.44. The fourth-order valence-electron chi connectivity index (χ4n) is 1.54. The Hall–Kier alpha value is -0.830. The molecule has 0 fully saturated rings. The van der Waals surface area contributed by atoms with Crippen molar-refractivity contribution >= 4 is 22.9 Å². The summed E-state index contributed by atoms with van der Waals surface area (Å²) in [7, 11) is 0. The number of nitrogens with two attached hydrogens (primary N) is 1. The zero-order chi connectivity index (χ0) is 10.8. The van der Waals surface area contributed by atoms with Crippen LogP contribution in [0.25, 0.3) is 10.4 Å². The van der Waals surface area contributed by atoms with Crippen LogP contribution in [0.3, 0.4) is 0 Å². The highest BCUT2D eigenvalue weighted by atomic mass is 35.5. The molecule has 0 unspecified atom stereocenters. The number of hydrogen-bond donors (Lipinski definition) is 1. The monoisotopic (exact) mass is 237 g/mol. The number of rotatable bonds is 2. The maximum atomic E-state index is 5.85. The summed E-state index contributed by atoms with van der Waals surface area (Å²) in [6.07, 6.45) is 0. The zero-order valence-electron chi connectivity index (χ0n) is 8.46. The van der Waals surface area contributed by atoms with Gasteiger partial charge in [0.15, 0.2) is 0 Å². The van der Waals surface area contributed by atoms with Crippen molar-refractivity contribution in [1.82, 2.24) is 0 Å². The number of thiophene rings is 1. The summed E-state index contributed by atoms with van der Waals surface area (Å²) >= 11 is 7.61. The van der Waals surface area contributed by atoms with Gasteiger partial charge < -0.3 is 5.73 Å². The molecule has 15 heavy (non-hydrogen) atoms. The number of halogens is 1. The van der Waals surface area contributed by atoms with Crippen LogP contribution in [-0.4, -0.2) is 0 Å². The summed E-state index contributed by atoms with van der Waals surface area (Å²) in [6, 6.07) is 10.1. The van der Waals surface area contributed by atoms with E-state index in [0.29, 0.717) is 6.54 Å². The summed E-state index contributed by atoms with van der Waals surface area (Å²) in [5.74, 6) is 0.